The molecule has 1 aromatic heterocycles. The van der Waals surface area contributed by atoms with Crippen molar-refractivity contribution >= 4 is 5.82 Å². The van der Waals surface area contributed by atoms with E-state index in [0.717, 1.165) is 22.7 Å². The Labute approximate surface area is 107 Å². The predicted octanol–water partition coefficient (Wildman–Crippen LogP) is 3.33. The molecule has 3 heteroatoms. The molecule has 2 aromatic rings. The van der Waals surface area contributed by atoms with Crippen LogP contribution in [0, 0.1) is 0 Å². The van der Waals surface area contributed by atoms with Crippen molar-refractivity contribution in [3.05, 3.63) is 42.6 Å². The summed E-state index contributed by atoms with van der Waals surface area (Å²) in [7, 11) is 1.68. The highest BCUT2D eigenvalue weighted by atomic mass is 16.5. The maximum atomic E-state index is 5.23. The fraction of sp³-hybridized carbons (Fsp3) is 0.267. The lowest BCUT2D eigenvalue weighted by atomic mass is 10.1. The van der Waals surface area contributed by atoms with Crippen LogP contribution in [0.2, 0.25) is 0 Å². The minimum Gasteiger partial charge on any atom is -0.497 e. The summed E-state index contributed by atoms with van der Waals surface area (Å²) < 4.78 is 5.23. The Hall–Kier alpha value is -2.03. The lowest BCUT2D eigenvalue weighted by Gasteiger charge is -2.06. The standard InChI is InChI=1S/C15H16N2O/c1-18-14-4-2-3-11(9-14)12-5-8-15(16-10-12)17-13-6-7-13/h2-5,8-10,13H,6-7H2,1H3,(H,16,17). The summed E-state index contributed by atoms with van der Waals surface area (Å²) in [5, 5.41) is 3.38. The second-order valence-corrected chi connectivity index (χ2v) is 4.58. The summed E-state index contributed by atoms with van der Waals surface area (Å²) in [5.41, 5.74) is 2.23. The number of benzene rings is 1. The van der Waals surface area contributed by atoms with Crippen LogP contribution < -0.4 is 10.1 Å². The van der Waals surface area contributed by atoms with E-state index in [1.807, 2.05) is 30.5 Å². The summed E-state index contributed by atoms with van der Waals surface area (Å²) >= 11 is 0. The minimum absolute atomic E-state index is 0.639. The molecule has 1 N–H and O–H groups in total. The third-order valence-electron chi connectivity index (χ3n) is 3.10. The van der Waals surface area contributed by atoms with Crippen LogP contribution in [0.4, 0.5) is 5.82 Å². The zero-order chi connectivity index (χ0) is 12.4. The van der Waals surface area contributed by atoms with Crippen molar-refractivity contribution in [3.63, 3.8) is 0 Å². The zero-order valence-corrected chi connectivity index (χ0v) is 10.4. The number of rotatable bonds is 4. The Morgan fingerprint density at radius 1 is 1.17 bits per heavy atom. The number of anilines is 1. The van der Waals surface area contributed by atoms with E-state index in [0.29, 0.717) is 6.04 Å². The second kappa shape index (κ2) is 4.69. The quantitative estimate of drug-likeness (QED) is 0.890. The molecule has 1 saturated carbocycles. The molecule has 3 nitrogen and oxygen atoms in total. The maximum absolute atomic E-state index is 5.23. The summed E-state index contributed by atoms with van der Waals surface area (Å²) in [5.74, 6) is 1.83. The molecule has 1 aliphatic rings. The summed E-state index contributed by atoms with van der Waals surface area (Å²) in [6.45, 7) is 0. The Morgan fingerprint density at radius 3 is 2.72 bits per heavy atom. The van der Waals surface area contributed by atoms with Crippen molar-refractivity contribution in [2.24, 2.45) is 0 Å². The third-order valence-corrected chi connectivity index (χ3v) is 3.10. The average molecular weight is 240 g/mol. The van der Waals surface area contributed by atoms with Gasteiger partial charge in [0.05, 0.1) is 7.11 Å². The van der Waals surface area contributed by atoms with Crippen molar-refractivity contribution in [1.82, 2.24) is 4.98 Å². The van der Waals surface area contributed by atoms with Gasteiger partial charge in [0.25, 0.3) is 0 Å². The highest BCUT2D eigenvalue weighted by Gasteiger charge is 2.20. The van der Waals surface area contributed by atoms with Gasteiger partial charge in [-0.2, -0.15) is 0 Å². The van der Waals surface area contributed by atoms with Gasteiger partial charge in [0.2, 0.25) is 0 Å². The van der Waals surface area contributed by atoms with Crippen LogP contribution in [-0.2, 0) is 0 Å². The Balaban J connectivity index is 1.81. The number of pyridine rings is 1. The summed E-state index contributed by atoms with van der Waals surface area (Å²) in [4.78, 5) is 4.44. The number of ether oxygens (including phenoxy) is 1. The lowest BCUT2D eigenvalue weighted by Crippen LogP contribution is -2.02. The first-order valence-corrected chi connectivity index (χ1v) is 6.22. The molecular formula is C15H16N2O. The fourth-order valence-electron chi connectivity index (χ4n) is 1.89. The van der Waals surface area contributed by atoms with Gasteiger partial charge in [0.1, 0.15) is 11.6 Å². The number of hydrogen-bond donors (Lipinski definition) is 1. The summed E-state index contributed by atoms with van der Waals surface area (Å²) in [6, 6.07) is 12.8. The van der Waals surface area contributed by atoms with E-state index in [2.05, 4.69) is 22.4 Å². The molecule has 0 saturated heterocycles. The minimum atomic E-state index is 0.639. The van der Waals surface area contributed by atoms with Gasteiger partial charge in [-0.05, 0) is 42.7 Å². The van der Waals surface area contributed by atoms with Gasteiger partial charge in [-0.25, -0.2) is 4.98 Å². The topological polar surface area (TPSA) is 34.1 Å². The van der Waals surface area contributed by atoms with Gasteiger partial charge in [0.15, 0.2) is 0 Å². The van der Waals surface area contributed by atoms with Gasteiger partial charge in [-0.1, -0.05) is 12.1 Å². The molecule has 1 aliphatic carbocycles. The van der Waals surface area contributed by atoms with E-state index in [1.54, 1.807) is 7.11 Å². The van der Waals surface area contributed by atoms with E-state index in [1.165, 1.54) is 12.8 Å². The van der Waals surface area contributed by atoms with Crippen LogP contribution >= 0.6 is 0 Å². The molecule has 3 rings (SSSR count). The first-order valence-electron chi connectivity index (χ1n) is 6.22. The SMILES string of the molecule is COc1cccc(-c2ccc(NC3CC3)nc2)c1. The number of nitrogens with one attached hydrogen (secondary N) is 1. The van der Waals surface area contributed by atoms with Gasteiger partial charge in [-0.3, -0.25) is 0 Å². The zero-order valence-electron chi connectivity index (χ0n) is 10.4. The molecule has 92 valence electrons. The molecule has 0 bridgehead atoms. The molecule has 1 heterocycles. The molecule has 1 fully saturated rings. The van der Waals surface area contributed by atoms with Crippen LogP contribution in [0.3, 0.4) is 0 Å². The van der Waals surface area contributed by atoms with Gasteiger partial charge >= 0.3 is 0 Å². The van der Waals surface area contributed by atoms with Crippen LogP contribution in [0.25, 0.3) is 11.1 Å². The van der Waals surface area contributed by atoms with Gasteiger partial charge in [0, 0.05) is 17.8 Å². The van der Waals surface area contributed by atoms with Gasteiger partial charge in [-0.15, -0.1) is 0 Å². The van der Waals surface area contributed by atoms with Crippen molar-refractivity contribution in [2.45, 2.75) is 18.9 Å². The van der Waals surface area contributed by atoms with Crippen molar-refractivity contribution < 1.29 is 4.74 Å². The molecule has 0 atom stereocenters. The first kappa shape index (κ1) is 11.1. The third kappa shape index (κ3) is 2.45. The molecule has 0 amide bonds. The van der Waals surface area contributed by atoms with Crippen LogP contribution in [0.5, 0.6) is 5.75 Å². The molecule has 0 spiro atoms. The number of aromatic nitrogens is 1. The smallest absolute Gasteiger partial charge is 0.126 e. The number of hydrogen-bond acceptors (Lipinski definition) is 3. The van der Waals surface area contributed by atoms with E-state index < -0.39 is 0 Å². The largest absolute Gasteiger partial charge is 0.497 e. The monoisotopic (exact) mass is 240 g/mol. The Kier molecular flexibility index (Phi) is 2.89. The number of methoxy groups -OCH3 is 1. The van der Waals surface area contributed by atoms with Crippen molar-refractivity contribution in [3.8, 4) is 16.9 Å². The highest BCUT2D eigenvalue weighted by molar-refractivity contribution is 5.65. The second-order valence-electron chi connectivity index (χ2n) is 4.58. The van der Waals surface area contributed by atoms with E-state index in [4.69, 9.17) is 4.74 Å². The highest BCUT2D eigenvalue weighted by Crippen LogP contribution is 2.26. The van der Waals surface area contributed by atoms with E-state index in [9.17, 15) is 0 Å². The number of nitrogens with zero attached hydrogens (tertiary/aromatic N) is 1. The van der Waals surface area contributed by atoms with Crippen molar-refractivity contribution in [1.29, 1.82) is 0 Å². The van der Waals surface area contributed by atoms with E-state index in [-0.39, 0.29) is 0 Å². The van der Waals surface area contributed by atoms with Crippen LogP contribution in [0.1, 0.15) is 12.8 Å². The molecule has 0 unspecified atom stereocenters. The maximum Gasteiger partial charge on any atom is 0.126 e. The van der Waals surface area contributed by atoms with Crippen LogP contribution in [0.15, 0.2) is 42.6 Å². The Morgan fingerprint density at radius 2 is 2.06 bits per heavy atom. The normalized spacial score (nSPS) is 14.3. The Bertz CT molecular complexity index is 532. The lowest BCUT2D eigenvalue weighted by molar-refractivity contribution is 0.415. The first-order chi connectivity index (χ1) is 8.85. The van der Waals surface area contributed by atoms with E-state index >= 15 is 0 Å². The fourth-order valence-corrected chi connectivity index (χ4v) is 1.89. The summed E-state index contributed by atoms with van der Waals surface area (Å²) in [6.07, 6.45) is 4.43. The molecule has 0 radical (unpaired) electrons. The molecule has 1 aromatic carbocycles. The van der Waals surface area contributed by atoms with Crippen molar-refractivity contribution in [2.75, 3.05) is 12.4 Å². The molecular weight excluding hydrogens is 224 g/mol. The molecule has 0 aliphatic heterocycles. The average Bonchev–Trinajstić information content (AvgIpc) is 3.24. The molecule has 18 heavy (non-hydrogen) atoms. The van der Waals surface area contributed by atoms with Crippen LogP contribution in [-0.4, -0.2) is 18.1 Å². The predicted molar refractivity (Wildman–Crippen MR) is 72.9 cm³/mol. The van der Waals surface area contributed by atoms with Gasteiger partial charge < -0.3 is 10.1 Å².